The van der Waals surface area contributed by atoms with Gasteiger partial charge in [0.1, 0.15) is 5.82 Å². The summed E-state index contributed by atoms with van der Waals surface area (Å²) in [7, 11) is 0. The maximum Gasteiger partial charge on any atom is 0.251 e. The van der Waals surface area contributed by atoms with E-state index in [1.165, 1.54) is 6.92 Å². The quantitative estimate of drug-likeness (QED) is 0.645. The lowest BCUT2D eigenvalue weighted by Gasteiger charge is -2.10. The molecular formula is C22H21N3O2. The molecule has 1 amide bonds. The summed E-state index contributed by atoms with van der Waals surface area (Å²) in [6.45, 7) is 4.03. The minimum Gasteiger partial charge on any atom is -0.348 e. The molecule has 0 unspecified atom stereocenters. The van der Waals surface area contributed by atoms with Crippen LogP contribution in [0.15, 0.2) is 66.9 Å². The maximum atomic E-state index is 12.4. The van der Waals surface area contributed by atoms with Crippen molar-refractivity contribution in [3.05, 3.63) is 89.1 Å². The van der Waals surface area contributed by atoms with Crippen LogP contribution in [0.25, 0.3) is 0 Å². The van der Waals surface area contributed by atoms with Gasteiger partial charge in [-0.05, 0) is 61.4 Å². The third-order valence-electron chi connectivity index (χ3n) is 4.29. The Balaban J connectivity index is 1.66. The van der Waals surface area contributed by atoms with E-state index in [4.69, 9.17) is 0 Å². The predicted molar refractivity (Wildman–Crippen MR) is 106 cm³/mol. The molecule has 136 valence electrons. The van der Waals surface area contributed by atoms with Gasteiger partial charge < -0.3 is 10.6 Å². The monoisotopic (exact) mass is 359 g/mol. The second-order valence-corrected chi connectivity index (χ2v) is 6.30. The van der Waals surface area contributed by atoms with E-state index in [0.717, 1.165) is 16.8 Å². The number of rotatable bonds is 6. The predicted octanol–water partition coefficient (Wildman–Crippen LogP) is 4.27. The van der Waals surface area contributed by atoms with E-state index in [2.05, 4.69) is 15.6 Å². The molecule has 0 aliphatic heterocycles. The molecule has 0 aliphatic rings. The van der Waals surface area contributed by atoms with Crippen molar-refractivity contribution in [3.63, 3.8) is 0 Å². The molecule has 0 atom stereocenters. The van der Waals surface area contributed by atoms with Crippen LogP contribution in [0.5, 0.6) is 0 Å². The third-order valence-corrected chi connectivity index (χ3v) is 4.29. The van der Waals surface area contributed by atoms with Crippen LogP contribution in [0.3, 0.4) is 0 Å². The minimum absolute atomic E-state index is 0.0204. The summed E-state index contributed by atoms with van der Waals surface area (Å²) in [6.07, 6.45) is 1.59. The topological polar surface area (TPSA) is 71.1 Å². The molecule has 27 heavy (non-hydrogen) atoms. The van der Waals surface area contributed by atoms with Gasteiger partial charge in [-0.25, -0.2) is 4.98 Å². The average molecular weight is 359 g/mol. The van der Waals surface area contributed by atoms with Crippen LogP contribution in [-0.2, 0) is 6.54 Å². The Kier molecular flexibility index (Phi) is 5.61. The van der Waals surface area contributed by atoms with Gasteiger partial charge in [-0.2, -0.15) is 0 Å². The fraction of sp³-hybridized carbons (Fsp3) is 0.136. The molecule has 2 aromatic carbocycles. The molecule has 2 N–H and O–H groups in total. The zero-order valence-corrected chi connectivity index (χ0v) is 15.3. The first kappa shape index (κ1) is 18.3. The molecule has 5 nitrogen and oxygen atoms in total. The van der Waals surface area contributed by atoms with Crippen LogP contribution >= 0.6 is 0 Å². The Morgan fingerprint density at radius 1 is 0.963 bits per heavy atom. The van der Waals surface area contributed by atoms with Crippen LogP contribution in [0.4, 0.5) is 11.5 Å². The number of aromatic nitrogens is 1. The Hall–Kier alpha value is -3.47. The summed E-state index contributed by atoms with van der Waals surface area (Å²) in [4.78, 5) is 28.0. The van der Waals surface area contributed by atoms with Crippen LogP contribution in [-0.4, -0.2) is 16.7 Å². The molecule has 1 heterocycles. The van der Waals surface area contributed by atoms with Gasteiger partial charge >= 0.3 is 0 Å². The lowest BCUT2D eigenvalue weighted by atomic mass is 10.1. The van der Waals surface area contributed by atoms with Crippen molar-refractivity contribution in [2.24, 2.45) is 0 Å². The molecule has 0 spiro atoms. The molecular weight excluding hydrogens is 338 g/mol. The number of nitrogens with zero attached hydrogens (tertiary/aromatic N) is 1. The number of ketones is 1. The summed E-state index contributed by atoms with van der Waals surface area (Å²) in [5.41, 5.74) is 4.21. The van der Waals surface area contributed by atoms with Gasteiger partial charge in [0, 0.05) is 29.6 Å². The van der Waals surface area contributed by atoms with E-state index >= 15 is 0 Å². The lowest BCUT2D eigenvalue weighted by Crippen LogP contribution is -2.23. The maximum absolute atomic E-state index is 12.4. The van der Waals surface area contributed by atoms with Crippen LogP contribution in [0, 0.1) is 6.92 Å². The Morgan fingerprint density at radius 2 is 1.70 bits per heavy atom. The second kappa shape index (κ2) is 8.27. The summed E-state index contributed by atoms with van der Waals surface area (Å²) < 4.78 is 0. The standard InChI is InChI=1S/C22H21N3O2/c1-15-5-3-4-6-19(15)14-24-22(27)18-11-12-23-21(13-18)25-20-9-7-17(8-10-20)16(2)26/h3-13H,14H2,1-2H3,(H,23,25)(H,24,27). The fourth-order valence-corrected chi connectivity index (χ4v) is 2.66. The Morgan fingerprint density at radius 3 is 2.41 bits per heavy atom. The summed E-state index contributed by atoms with van der Waals surface area (Å²) in [5, 5.41) is 6.08. The van der Waals surface area contributed by atoms with Crippen molar-refractivity contribution in [3.8, 4) is 0 Å². The van der Waals surface area contributed by atoms with E-state index in [1.54, 1.807) is 30.5 Å². The normalized spacial score (nSPS) is 10.3. The van der Waals surface area contributed by atoms with Gasteiger partial charge in [0.25, 0.3) is 5.91 Å². The van der Waals surface area contributed by atoms with Gasteiger partial charge in [-0.3, -0.25) is 9.59 Å². The minimum atomic E-state index is -0.157. The number of aryl methyl sites for hydroxylation is 1. The first-order valence-electron chi connectivity index (χ1n) is 8.70. The first-order valence-corrected chi connectivity index (χ1v) is 8.70. The van der Waals surface area contributed by atoms with Gasteiger partial charge in [-0.15, -0.1) is 0 Å². The van der Waals surface area contributed by atoms with Gasteiger partial charge in [0.2, 0.25) is 0 Å². The zero-order valence-electron chi connectivity index (χ0n) is 15.3. The molecule has 0 saturated carbocycles. The van der Waals surface area contributed by atoms with Crippen LogP contribution < -0.4 is 10.6 Å². The molecule has 0 radical (unpaired) electrons. The number of hydrogen-bond acceptors (Lipinski definition) is 4. The number of anilines is 2. The van der Waals surface area contributed by atoms with Gasteiger partial charge in [0.15, 0.2) is 5.78 Å². The van der Waals surface area contributed by atoms with Crippen molar-refractivity contribution >= 4 is 23.2 Å². The van der Waals surface area contributed by atoms with Gasteiger partial charge in [-0.1, -0.05) is 24.3 Å². The fourth-order valence-electron chi connectivity index (χ4n) is 2.66. The van der Waals surface area contributed by atoms with E-state index in [1.807, 2.05) is 43.3 Å². The van der Waals surface area contributed by atoms with Crippen molar-refractivity contribution < 1.29 is 9.59 Å². The van der Waals surface area contributed by atoms with Crippen molar-refractivity contribution in [2.75, 3.05) is 5.32 Å². The number of benzene rings is 2. The molecule has 3 aromatic rings. The molecule has 5 heteroatoms. The number of hydrogen-bond donors (Lipinski definition) is 2. The second-order valence-electron chi connectivity index (χ2n) is 6.30. The van der Waals surface area contributed by atoms with E-state index in [-0.39, 0.29) is 11.7 Å². The largest absolute Gasteiger partial charge is 0.348 e. The molecule has 1 aromatic heterocycles. The van der Waals surface area contributed by atoms with E-state index in [0.29, 0.717) is 23.5 Å². The van der Waals surface area contributed by atoms with Gasteiger partial charge in [0.05, 0.1) is 0 Å². The first-order chi connectivity index (χ1) is 13.0. The number of pyridine rings is 1. The van der Waals surface area contributed by atoms with Crippen molar-refractivity contribution in [1.29, 1.82) is 0 Å². The number of nitrogens with one attached hydrogen (secondary N) is 2. The highest BCUT2D eigenvalue weighted by molar-refractivity contribution is 5.95. The molecule has 0 saturated heterocycles. The molecule has 3 rings (SSSR count). The lowest BCUT2D eigenvalue weighted by molar-refractivity contribution is 0.0949. The van der Waals surface area contributed by atoms with Crippen molar-refractivity contribution in [2.45, 2.75) is 20.4 Å². The molecule has 0 fully saturated rings. The SMILES string of the molecule is CC(=O)c1ccc(Nc2cc(C(=O)NCc3ccccc3C)ccn2)cc1. The Bertz CT molecular complexity index is 965. The van der Waals surface area contributed by atoms with Crippen LogP contribution in [0.2, 0.25) is 0 Å². The highest BCUT2D eigenvalue weighted by Gasteiger charge is 2.08. The van der Waals surface area contributed by atoms with Crippen LogP contribution in [0.1, 0.15) is 38.8 Å². The molecule has 0 bridgehead atoms. The summed E-state index contributed by atoms with van der Waals surface area (Å²) >= 11 is 0. The van der Waals surface area contributed by atoms with Crippen molar-refractivity contribution in [1.82, 2.24) is 10.3 Å². The zero-order chi connectivity index (χ0) is 19.2. The number of amides is 1. The highest BCUT2D eigenvalue weighted by atomic mass is 16.1. The average Bonchev–Trinajstić information content (AvgIpc) is 2.68. The number of Topliss-reactive ketones (excluding diaryl/α,β-unsaturated/α-hetero) is 1. The highest BCUT2D eigenvalue weighted by Crippen LogP contribution is 2.17. The Labute approximate surface area is 158 Å². The summed E-state index contributed by atoms with van der Waals surface area (Å²) in [6, 6.07) is 18.5. The van der Waals surface area contributed by atoms with E-state index in [9.17, 15) is 9.59 Å². The third kappa shape index (κ3) is 4.79. The number of carbonyl (C=O) groups is 2. The smallest absolute Gasteiger partial charge is 0.251 e. The molecule has 0 aliphatic carbocycles. The van der Waals surface area contributed by atoms with E-state index < -0.39 is 0 Å². The summed E-state index contributed by atoms with van der Waals surface area (Å²) in [5.74, 6) is 0.428. The number of carbonyl (C=O) groups excluding carboxylic acids is 2.